The molecule has 1 rings (SSSR count). The average molecular weight is 256 g/mol. The number of carbonyl (C=O) groups is 1. The van der Waals surface area contributed by atoms with Crippen LogP contribution in [0.25, 0.3) is 0 Å². The zero-order chi connectivity index (χ0) is 13.6. The van der Waals surface area contributed by atoms with E-state index in [-0.39, 0.29) is 11.4 Å². The van der Waals surface area contributed by atoms with Gasteiger partial charge in [0.05, 0.1) is 11.6 Å². The summed E-state index contributed by atoms with van der Waals surface area (Å²) in [7, 11) is 0. The first-order valence-electron chi connectivity index (χ1n) is 7.21. The van der Waals surface area contributed by atoms with Crippen molar-refractivity contribution in [2.75, 3.05) is 13.1 Å². The molecule has 18 heavy (non-hydrogen) atoms. The highest BCUT2D eigenvalue weighted by Gasteiger charge is 2.39. The number of hydrogen-bond donors (Lipinski definition) is 3. The molecule has 2 unspecified atom stereocenters. The molecule has 0 aromatic carbocycles. The van der Waals surface area contributed by atoms with Gasteiger partial charge in [-0.2, -0.15) is 0 Å². The van der Waals surface area contributed by atoms with Gasteiger partial charge in [-0.3, -0.25) is 4.79 Å². The fraction of sp³-hybridized carbons (Fsp3) is 0.929. The monoisotopic (exact) mass is 256 g/mol. The second kappa shape index (κ2) is 7.10. The van der Waals surface area contributed by atoms with Crippen LogP contribution in [0.3, 0.4) is 0 Å². The summed E-state index contributed by atoms with van der Waals surface area (Å²) in [5, 5.41) is 16.0. The van der Waals surface area contributed by atoms with Crippen LogP contribution in [-0.4, -0.2) is 35.7 Å². The number of hydrogen-bond acceptors (Lipinski definition) is 3. The average Bonchev–Trinajstić information content (AvgIpc) is 2.75. The number of rotatable bonds is 7. The molecule has 1 aliphatic rings. The third-order valence-electron chi connectivity index (χ3n) is 3.60. The lowest BCUT2D eigenvalue weighted by Gasteiger charge is -2.28. The van der Waals surface area contributed by atoms with E-state index in [0.29, 0.717) is 12.5 Å². The molecule has 0 aliphatic carbocycles. The van der Waals surface area contributed by atoms with E-state index in [1.54, 1.807) is 0 Å². The van der Waals surface area contributed by atoms with Crippen LogP contribution >= 0.6 is 0 Å². The predicted molar refractivity (Wildman–Crippen MR) is 73.3 cm³/mol. The SMILES string of the molecule is CCCC1(C(=O)NCC(O)CC(C)C)CCCN1. The third kappa shape index (κ3) is 4.25. The van der Waals surface area contributed by atoms with Gasteiger partial charge in [0.15, 0.2) is 0 Å². The van der Waals surface area contributed by atoms with Gasteiger partial charge in [-0.1, -0.05) is 27.2 Å². The molecule has 1 saturated heterocycles. The molecular formula is C14H28N2O2. The van der Waals surface area contributed by atoms with E-state index in [2.05, 4.69) is 31.4 Å². The lowest BCUT2D eigenvalue weighted by atomic mass is 9.90. The van der Waals surface area contributed by atoms with Crippen LogP contribution in [0.1, 0.15) is 52.9 Å². The van der Waals surface area contributed by atoms with Gasteiger partial charge in [0, 0.05) is 6.54 Å². The Balaban J connectivity index is 2.42. The molecule has 4 nitrogen and oxygen atoms in total. The van der Waals surface area contributed by atoms with Crippen molar-refractivity contribution in [1.29, 1.82) is 0 Å². The quantitative estimate of drug-likeness (QED) is 0.646. The fourth-order valence-corrected chi connectivity index (χ4v) is 2.76. The molecule has 2 atom stereocenters. The Morgan fingerprint density at radius 2 is 2.22 bits per heavy atom. The van der Waals surface area contributed by atoms with Gasteiger partial charge in [-0.05, 0) is 38.1 Å². The number of aliphatic hydroxyl groups excluding tert-OH is 1. The normalized spacial score (nSPS) is 25.4. The first-order chi connectivity index (χ1) is 8.50. The molecule has 0 spiro atoms. The van der Waals surface area contributed by atoms with Crippen LogP contribution in [0, 0.1) is 5.92 Å². The van der Waals surface area contributed by atoms with Gasteiger partial charge in [-0.15, -0.1) is 0 Å². The smallest absolute Gasteiger partial charge is 0.240 e. The van der Waals surface area contributed by atoms with Crippen LogP contribution < -0.4 is 10.6 Å². The summed E-state index contributed by atoms with van der Waals surface area (Å²) in [4.78, 5) is 12.3. The highest BCUT2D eigenvalue weighted by Crippen LogP contribution is 2.24. The number of aliphatic hydroxyl groups is 1. The summed E-state index contributed by atoms with van der Waals surface area (Å²) < 4.78 is 0. The van der Waals surface area contributed by atoms with E-state index in [9.17, 15) is 9.90 Å². The molecule has 0 bridgehead atoms. The maximum Gasteiger partial charge on any atom is 0.240 e. The van der Waals surface area contributed by atoms with Crippen molar-refractivity contribution in [2.24, 2.45) is 5.92 Å². The van der Waals surface area contributed by atoms with Crippen LogP contribution in [0.2, 0.25) is 0 Å². The molecule has 0 aromatic heterocycles. The molecule has 106 valence electrons. The Hall–Kier alpha value is -0.610. The Labute approximate surface area is 111 Å². The number of carbonyl (C=O) groups excluding carboxylic acids is 1. The Bertz CT molecular complexity index is 261. The molecular weight excluding hydrogens is 228 g/mol. The summed E-state index contributed by atoms with van der Waals surface area (Å²) in [6.07, 6.45) is 4.13. The molecule has 1 amide bonds. The third-order valence-corrected chi connectivity index (χ3v) is 3.60. The summed E-state index contributed by atoms with van der Waals surface area (Å²) >= 11 is 0. The number of nitrogens with one attached hydrogen (secondary N) is 2. The minimum atomic E-state index is -0.436. The highest BCUT2D eigenvalue weighted by atomic mass is 16.3. The molecule has 1 fully saturated rings. The van der Waals surface area contributed by atoms with Crippen molar-refractivity contribution in [3.05, 3.63) is 0 Å². The van der Waals surface area contributed by atoms with Crippen molar-refractivity contribution >= 4 is 5.91 Å². The molecule has 0 saturated carbocycles. The van der Waals surface area contributed by atoms with Gasteiger partial charge in [0.25, 0.3) is 0 Å². The fourth-order valence-electron chi connectivity index (χ4n) is 2.76. The van der Waals surface area contributed by atoms with E-state index in [1.807, 2.05) is 0 Å². The van der Waals surface area contributed by atoms with Crippen molar-refractivity contribution in [2.45, 2.75) is 64.5 Å². The van der Waals surface area contributed by atoms with E-state index in [4.69, 9.17) is 0 Å². The largest absolute Gasteiger partial charge is 0.391 e. The van der Waals surface area contributed by atoms with E-state index in [0.717, 1.165) is 38.6 Å². The van der Waals surface area contributed by atoms with E-state index in [1.165, 1.54) is 0 Å². The molecule has 0 radical (unpaired) electrons. The Kier molecular flexibility index (Phi) is 6.09. The maximum absolute atomic E-state index is 12.3. The molecule has 1 aliphatic heterocycles. The van der Waals surface area contributed by atoms with Crippen LogP contribution in [0.5, 0.6) is 0 Å². The molecule has 3 N–H and O–H groups in total. The number of amides is 1. The van der Waals surface area contributed by atoms with Crippen molar-refractivity contribution in [1.82, 2.24) is 10.6 Å². The minimum Gasteiger partial charge on any atom is -0.391 e. The van der Waals surface area contributed by atoms with Gasteiger partial charge in [-0.25, -0.2) is 0 Å². The van der Waals surface area contributed by atoms with Crippen molar-refractivity contribution < 1.29 is 9.90 Å². The van der Waals surface area contributed by atoms with Gasteiger partial charge >= 0.3 is 0 Å². The molecule has 1 heterocycles. The van der Waals surface area contributed by atoms with Crippen molar-refractivity contribution in [3.63, 3.8) is 0 Å². The first-order valence-corrected chi connectivity index (χ1v) is 7.21. The van der Waals surface area contributed by atoms with Gasteiger partial charge in [0.1, 0.15) is 0 Å². The standard InChI is InChI=1S/C14H28N2O2/c1-4-6-14(7-5-8-16-14)13(18)15-10-12(17)9-11(2)3/h11-12,16-17H,4-10H2,1-3H3,(H,15,18). The Morgan fingerprint density at radius 1 is 1.50 bits per heavy atom. The predicted octanol–water partition coefficient (Wildman–Crippen LogP) is 1.43. The maximum atomic E-state index is 12.3. The lowest BCUT2D eigenvalue weighted by Crippen LogP contribution is -2.54. The summed E-state index contributed by atoms with van der Waals surface area (Å²) in [5.41, 5.74) is -0.383. The van der Waals surface area contributed by atoms with E-state index >= 15 is 0 Å². The topological polar surface area (TPSA) is 61.4 Å². The summed E-state index contributed by atoms with van der Waals surface area (Å²) in [5.74, 6) is 0.510. The molecule has 4 heteroatoms. The van der Waals surface area contributed by atoms with Crippen molar-refractivity contribution in [3.8, 4) is 0 Å². The summed E-state index contributed by atoms with van der Waals surface area (Å²) in [6.45, 7) is 7.53. The van der Waals surface area contributed by atoms with Gasteiger partial charge < -0.3 is 15.7 Å². The second-order valence-electron chi connectivity index (χ2n) is 5.86. The summed E-state index contributed by atoms with van der Waals surface area (Å²) in [6, 6.07) is 0. The Morgan fingerprint density at radius 3 is 2.72 bits per heavy atom. The zero-order valence-corrected chi connectivity index (χ0v) is 12.0. The zero-order valence-electron chi connectivity index (χ0n) is 12.0. The molecule has 0 aromatic rings. The first kappa shape index (κ1) is 15.4. The van der Waals surface area contributed by atoms with Gasteiger partial charge in [0.2, 0.25) is 5.91 Å². The van der Waals surface area contributed by atoms with Crippen LogP contribution in [-0.2, 0) is 4.79 Å². The lowest BCUT2D eigenvalue weighted by molar-refractivity contribution is -0.128. The van der Waals surface area contributed by atoms with E-state index < -0.39 is 6.10 Å². The van der Waals surface area contributed by atoms with Crippen LogP contribution in [0.15, 0.2) is 0 Å². The second-order valence-corrected chi connectivity index (χ2v) is 5.86. The minimum absolute atomic E-state index is 0.0599. The highest BCUT2D eigenvalue weighted by molar-refractivity contribution is 5.86. The van der Waals surface area contributed by atoms with Crippen LogP contribution in [0.4, 0.5) is 0 Å².